The Bertz CT molecular complexity index is 278. The highest BCUT2D eigenvalue weighted by atomic mass is 16.1. The average molecular weight is 206 g/mol. The molecule has 4 atom stereocenters. The Morgan fingerprint density at radius 1 is 0.800 bits per heavy atom. The minimum atomic E-state index is 0.260. The van der Waals surface area contributed by atoms with Gasteiger partial charge in [0.2, 0.25) is 0 Å². The molecule has 0 radical (unpaired) electrons. The molecule has 0 aromatic rings. The van der Waals surface area contributed by atoms with E-state index in [1.807, 2.05) is 0 Å². The minimum Gasteiger partial charge on any atom is -0.299 e. The Hall–Kier alpha value is -0.660. The van der Waals surface area contributed by atoms with Gasteiger partial charge in [0.1, 0.15) is 11.6 Å². The van der Waals surface area contributed by atoms with Crippen LogP contribution in [0.5, 0.6) is 0 Å². The van der Waals surface area contributed by atoms with E-state index in [0.717, 1.165) is 32.1 Å². The lowest BCUT2D eigenvalue weighted by molar-refractivity contribution is -0.126. The van der Waals surface area contributed by atoms with Crippen LogP contribution >= 0.6 is 0 Å². The summed E-state index contributed by atoms with van der Waals surface area (Å²) < 4.78 is 0. The van der Waals surface area contributed by atoms with E-state index in [1.54, 1.807) is 0 Å². The van der Waals surface area contributed by atoms with Crippen LogP contribution < -0.4 is 0 Å². The van der Waals surface area contributed by atoms with Crippen molar-refractivity contribution in [2.24, 2.45) is 23.7 Å². The highest BCUT2D eigenvalue weighted by molar-refractivity contribution is 5.87. The summed E-state index contributed by atoms with van der Waals surface area (Å²) in [6, 6.07) is 0. The molecule has 15 heavy (non-hydrogen) atoms. The highest BCUT2D eigenvalue weighted by Gasteiger charge is 2.50. The van der Waals surface area contributed by atoms with Crippen molar-refractivity contribution in [3.8, 4) is 0 Å². The quantitative estimate of drug-likeness (QED) is 0.609. The monoisotopic (exact) mass is 206 g/mol. The molecule has 3 saturated carbocycles. The zero-order valence-electron chi connectivity index (χ0n) is 9.08. The van der Waals surface area contributed by atoms with Crippen LogP contribution in [0.25, 0.3) is 0 Å². The summed E-state index contributed by atoms with van der Waals surface area (Å²) in [6.07, 6.45) is 6.97. The average Bonchev–Trinajstić information content (AvgIpc) is 2.60. The van der Waals surface area contributed by atoms with Crippen molar-refractivity contribution in [2.45, 2.75) is 44.9 Å². The van der Waals surface area contributed by atoms with E-state index in [2.05, 4.69) is 0 Å². The van der Waals surface area contributed by atoms with Gasteiger partial charge in [-0.25, -0.2) is 0 Å². The maximum Gasteiger partial charge on any atom is 0.136 e. The Labute approximate surface area is 90.4 Å². The van der Waals surface area contributed by atoms with E-state index in [-0.39, 0.29) is 11.8 Å². The molecule has 0 spiro atoms. The standard InChI is InChI=1S/C13H18O2/c14-12-5-1-3-8-9-4-2-6-13(15)11(9)7-10(8)12/h8-11H,1-7H2/t8-,9-,10+,11+/m1/s1. The van der Waals surface area contributed by atoms with Crippen LogP contribution in [0, 0.1) is 23.7 Å². The zero-order valence-corrected chi connectivity index (χ0v) is 9.08. The lowest BCUT2D eigenvalue weighted by atomic mass is 9.73. The first-order chi connectivity index (χ1) is 7.27. The van der Waals surface area contributed by atoms with Crippen molar-refractivity contribution in [3.05, 3.63) is 0 Å². The molecule has 0 aromatic heterocycles. The van der Waals surface area contributed by atoms with Crippen molar-refractivity contribution < 1.29 is 9.59 Å². The van der Waals surface area contributed by atoms with E-state index in [9.17, 15) is 9.59 Å². The Morgan fingerprint density at radius 2 is 1.27 bits per heavy atom. The molecule has 0 amide bonds. The molecule has 0 aromatic carbocycles. The Balaban J connectivity index is 1.87. The smallest absolute Gasteiger partial charge is 0.136 e. The predicted octanol–water partition coefficient (Wildman–Crippen LogP) is 2.36. The molecule has 3 rings (SSSR count). The zero-order chi connectivity index (χ0) is 10.4. The second-order valence-corrected chi connectivity index (χ2v) is 5.49. The number of Topliss-reactive ketones (excluding diaryl/α,β-unsaturated/α-hetero) is 2. The van der Waals surface area contributed by atoms with Gasteiger partial charge in [0, 0.05) is 24.7 Å². The minimum absolute atomic E-state index is 0.260. The molecular weight excluding hydrogens is 188 g/mol. The number of ketones is 2. The summed E-state index contributed by atoms with van der Waals surface area (Å²) in [5.41, 5.74) is 0. The maximum atomic E-state index is 11.8. The fraction of sp³-hybridized carbons (Fsp3) is 0.846. The van der Waals surface area contributed by atoms with E-state index < -0.39 is 0 Å². The van der Waals surface area contributed by atoms with E-state index in [0.29, 0.717) is 23.4 Å². The molecule has 0 aliphatic heterocycles. The Kier molecular flexibility index (Phi) is 2.18. The largest absolute Gasteiger partial charge is 0.299 e. The summed E-state index contributed by atoms with van der Waals surface area (Å²) in [6.45, 7) is 0. The summed E-state index contributed by atoms with van der Waals surface area (Å²) >= 11 is 0. The number of carbonyl (C=O) groups is 2. The third kappa shape index (κ3) is 1.37. The summed E-state index contributed by atoms with van der Waals surface area (Å²) in [5, 5.41) is 0. The van der Waals surface area contributed by atoms with Crippen molar-refractivity contribution in [2.75, 3.05) is 0 Å². The third-order valence-corrected chi connectivity index (χ3v) is 4.84. The molecular formula is C13H18O2. The molecule has 0 unspecified atom stereocenters. The van der Waals surface area contributed by atoms with Gasteiger partial charge in [-0.3, -0.25) is 9.59 Å². The second-order valence-electron chi connectivity index (χ2n) is 5.49. The molecule has 2 heteroatoms. The first-order valence-electron chi connectivity index (χ1n) is 6.33. The van der Waals surface area contributed by atoms with Crippen LogP contribution in [0.4, 0.5) is 0 Å². The van der Waals surface area contributed by atoms with E-state index in [1.165, 1.54) is 12.8 Å². The molecule has 0 bridgehead atoms. The van der Waals surface area contributed by atoms with Gasteiger partial charge < -0.3 is 0 Å². The van der Waals surface area contributed by atoms with Gasteiger partial charge in [-0.2, -0.15) is 0 Å². The number of rotatable bonds is 0. The summed E-state index contributed by atoms with van der Waals surface area (Å²) in [7, 11) is 0. The van der Waals surface area contributed by atoms with Gasteiger partial charge in [-0.05, 0) is 43.9 Å². The van der Waals surface area contributed by atoms with Gasteiger partial charge in [0.15, 0.2) is 0 Å². The molecule has 2 nitrogen and oxygen atoms in total. The van der Waals surface area contributed by atoms with Crippen LogP contribution in [-0.4, -0.2) is 11.6 Å². The molecule has 3 aliphatic carbocycles. The Morgan fingerprint density at radius 3 is 1.73 bits per heavy atom. The van der Waals surface area contributed by atoms with E-state index in [4.69, 9.17) is 0 Å². The number of hydrogen-bond donors (Lipinski definition) is 0. The van der Waals surface area contributed by atoms with Gasteiger partial charge in [-0.15, -0.1) is 0 Å². The van der Waals surface area contributed by atoms with Crippen LogP contribution in [0.2, 0.25) is 0 Å². The SMILES string of the molecule is O=C1CCC[C@@H]2[C@H]3CCCC(=O)[C@H]3C[C@H]12. The fourth-order valence-corrected chi connectivity index (χ4v) is 4.19. The number of carbonyl (C=O) groups excluding carboxylic acids is 2. The second kappa shape index (κ2) is 3.43. The molecule has 3 aliphatic rings. The van der Waals surface area contributed by atoms with E-state index >= 15 is 0 Å². The van der Waals surface area contributed by atoms with Crippen LogP contribution in [0.1, 0.15) is 44.9 Å². The number of hydrogen-bond acceptors (Lipinski definition) is 2. The summed E-state index contributed by atoms with van der Waals surface area (Å²) in [5.74, 6) is 2.56. The lowest BCUT2D eigenvalue weighted by Crippen LogP contribution is -2.30. The van der Waals surface area contributed by atoms with Gasteiger partial charge >= 0.3 is 0 Å². The van der Waals surface area contributed by atoms with Crippen molar-refractivity contribution >= 4 is 11.6 Å². The molecule has 0 heterocycles. The maximum absolute atomic E-state index is 11.8. The van der Waals surface area contributed by atoms with Gasteiger partial charge in [0.25, 0.3) is 0 Å². The van der Waals surface area contributed by atoms with Crippen molar-refractivity contribution in [3.63, 3.8) is 0 Å². The summed E-state index contributed by atoms with van der Waals surface area (Å²) in [4.78, 5) is 23.6. The van der Waals surface area contributed by atoms with Crippen molar-refractivity contribution in [1.29, 1.82) is 0 Å². The van der Waals surface area contributed by atoms with Crippen molar-refractivity contribution in [1.82, 2.24) is 0 Å². The van der Waals surface area contributed by atoms with Crippen LogP contribution in [0.15, 0.2) is 0 Å². The first kappa shape index (κ1) is 9.56. The topological polar surface area (TPSA) is 34.1 Å². The fourth-order valence-electron chi connectivity index (χ4n) is 4.19. The normalized spacial score (nSPS) is 45.1. The molecule has 82 valence electrons. The lowest BCUT2D eigenvalue weighted by Gasteiger charge is -2.31. The van der Waals surface area contributed by atoms with Gasteiger partial charge in [0.05, 0.1) is 0 Å². The van der Waals surface area contributed by atoms with Gasteiger partial charge in [-0.1, -0.05) is 0 Å². The predicted molar refractivity (Wildman–Crippen MR) is 56.3 cm³/mol. The van der Waals surface area contributed by atoms with Crippen LogP contribution in [-0.2, 0) is 9.59 Å². The molecule has 0 saturated heterocycles. The third-order valence-electron chi connectivity index (χ3n) is 4.84. The molecule has 3 fully saturated rings. The molecule has 0 N–H and O–H groups in total. The highest BCUT2D eigenvalue weighted by Crippen LogP contribution is 2.51. The first-order valence-corrected chi connectivity index (χ1v) is 6.33. The van der Waals surface area contributed by atoms with Crippen LogP contribution in [0.3, 0.4) is 0 Å². The number of fused-ring (bicyclic) bond motifs is 3.